The molecule has 0 bridgehead atoms. The largest absolute Gasteiger partial charge is 0.491 e. The van der Waals surface area contributed by atoms with Crippen molar-refractivity contribution in [3.63, 3.8) is 0 Å². The first kappa shape index (κ1) is 19.2. The van der Waals surface area contributed by atoms with Crippen molar-refractivity contribution in [3.8, 4) is 11.5 Å². The summed E-state index contributed by atoms with van der Waals surface area (Å²) in [4.78, 5) is 38.6. The first-order valence-corrected chi connectivity index (χ1v) is 9.11. The Morgan fingerprint density at radius 2 is 1.50 bits per heavy atom. The van der Waals surface area contributed by atoms with Gasteiger partial charge < -0.3 is 14.6 Å². The van der Waals surface area contributed by atoms with Crippen LogP contribution in [-0.2, 0) is 6.61 Å². The van der Waals surface area contributed by atoms with Gasteiger partial charge >= 0.3 is 5.97 Å². The molecule has 7 nitrogen and oxygen atoms in total. The summed E-state index contributed by atoms with van der Waals surface area (Å²) < 4.78 is 11.3. The van der Waals surface area contributed by atoms with Crippen molar-refractivity contribution in [2.45, 2.75) is 6.61 Å². The second-order valence-electron chi connectivity index (χ2n) is 6.56. The third-order valence-corrected chi connectivity index (χ3v) is 4.78. The number of amides is 2. The van der Waals surface area contributed by atoms with Gasteiger partial charge in [0.05, 0.1) is 23.8 Å². The molecule has 1 heterocycles. The number of rotatable bonds is 6. The van der Waals surface area contributed by atoms with Gasteiger partial charge in [-0.25, -0.2) is 9.69 Å². The van der Waals surface area contributed by atoms with E-state index in [1.807, 2.05) is 30.3 Å². The maximum atomic E-state index is 13.0. The van der Waals surface area contributed by atoms with E-state index in [1.165, 1.54) is 31.4 Å². The van der Waals surface area contributed by atoms with Gasteiger partial charge in [-0.3, -0.25) is 9.59 Å². The molecule has 0 aliphatic carbocycles. The zero-order chi connectivity index (χ0) is 21.3. The molecule has 3 aromatic rings. The monoisotopic (exact) mass is 403 g/mol. The Morgan fingerprint density at radius 1 is 0.900 bits per heavy atom. The van der Waals surface area contributed by atoms with E-state index in [0.717, 1.165) is 10.5 Å². The fraction of sp³-hybridized carbons (Fsp3) is 0.0870. The molecular weight excluding hydrogens is 386 g/mol. The predicted molar refractivity (Wildman–Crippen MR) is 108 cm³/mol. The summed E-state index contributed by atoms with van der Waals surface area (Å²) in [5.74, 6) is -2.30. The zero-order valence-electron chi connectivity index (χ0n) is 16.0. The molecule has 0 saturated carbocycles. The van der Waals surface area contributed by atoms with E-state index in [-0.39, 0.29) is 40.5 Å². The second kappa shape index (κ2) is 7.71. The van der Waals surface area contributed by atoms with Crippen LogP contribution in [0.2, 0.25) is 0 Å². The Bertz CT molecular complexity index is 1120. The highest BCUT2D eigenvalue weighted by Crippen LogP contribution is 2.43. The topological polar surface area (TPSA) is 93.1 Å². The van der Waals surface area contributed by atoms with E-state index in [2.05, 4.69) is 0 Å². The second-order valence-corrected chi connectivity index (χ2v) is 6.56. The minimum Gasteiger partial charge on any atom is -0.491 e. The molecule has 2 amide bonds. The molecule has 3 aromatic carbocycles. The van der Waals surface area contributed by atoms with Crippen molar-refractivity contribution in [3.05, 3.63) is 89.0 Å². The van der Waals surface area contributed by atoms with E-state index >= 15 is 0 Å². The summed E-state index contributed by atoms with van der Waals surface area (Å²) in [6, 6.07) is 18.5. The van der Waals surface area contributed by atoms with Crippen LogP contribution in [0, 0.1) is 0 Å². The molecule has 0 unspecified atom stereocenters. The molecule has 0 aromatic heterocycles. The average Bonchev–Trinajstić information content (AvgIpc) is 3.02. The molecule has 0 radical (unpaired) electrons. The standard InChI is InChI=1S/C23H17NO6/c1-29-20-18(30-13-14-7-3-2-4-8-14)12-11-17(23(27)28)19(20)24-21(25)15-9-5-6-10-16(15)22(24)26/h2-12H,13H2,1H3,(H,27,28). The number of methoxy groups -OCH3 is 1. The van der Waals surface area contributed by atoms with Crippen molar-refractivity contribution in [1.29, 1.82) is 0 Å². The van der Waals surface area contributed by atoms with E-state index in [1.54, 1.807) is 12.1 Å². The van der Waals surface area contributed by atoms with E-state index in [9.17, 15) is 19.5 Å². The number of fused-ring (bicyclic) bond motifs is 1. The fourth-order valence-corrected chi connectivity index (χ4v) is 3.39. The van der Waals surface area contributed by atoms with Crippen LogP contribution in [0.1, 0.15) is 36.6 Å². The van der Waals surface area contributed by atoms with Crippen molar-refractivity contribution in [2.24, 2.45) is 0 Å². The summed E-state index contributed by atoms with van der Waals surface area (Å²) >= 11 is 0. The Kier molecular flexibility index (Phi) is 4.93. The van der Waals surface area contributed by atoms with Crippen LogP contribution in [0.3, 0.4) is 0 Å². The molecular formula is C23H17NO6. The molecule has 0 fully saturated rings. The SMILES string of the molecule is COc1c(OCc2ccccc2)ccc(C(=O)O)c1N1C(=O)c2ccccc2C1=O. The Morgan fingerprint density at radius 3 is 2.07 bits per heavy atom. The van der Waals surface area contributed by atoms with Crippen LogP contribution in [0.4, 0.5) is 5.69 Å². The highest BCUT2D eigenvalue weighted by Gasteiger charge is 2.40. The van der Waals surface area contributed by atoms with Crippen molar-refractivity contribution < 1.29 is 29.0 Å². The van der Waals surface area contributed by atoms with Gasteiger partial charge in [-0.2, -0.15) is 0 Å². The van der Waals surface area contributed by atoms with Gasteiger partial charge in [0.25, 0.3) is 11.8 Å². The number of imide groups is 1. The Labute approximate surface area is 172 Å². The average molecular weight is 403 g/mol. The number of carboxylic acid groups (broad SMARTS) is 1. The molecule has 0 spiro atoms. The molecule has 1 N–H and O–H groups in total. The molecule has 1 aliphatic heterocycles. The van der Waals surface area contributed by atoms with Crippen LogP contribution in [0.5, 0.6) is 11.5 Å². The lowest BCUT2D eigenvalue weighted by atomic mass is 10.1. The van der Waals surface area contributed by atoms with Gasteiger partial charge in [0.2, 0.25) is 0 Å². The lowest BCUT2D eigenvalue weighted by Crippen LogP contribution is -2.31. The quantitative estimate of drug-likeness (QED) is 0.630. The minimum absolute atomic E-state index is 0.000312. The lowest BCUT2D eigenvalue weighted by Gasteiger charge is -2.22. The number of aromatic carboxylic acids is 1. The van der Waals surface area contributed by atoms with Crippen molar-refractivity contribution in [1.82, 2.24) is 0 Å². The molecule has 7 heteroatoms. The Balaban J connectivity index is 1.81. The Hall–Kier alpha value is -4.13. The van der Waals surface area contributed by atoms with Crippen LogP contribution in [0.15, 0.2) is 66.7 Å². The number of anilines is 1. The summed E-state index contributed by atoms with van der Waals surface area (Å²) in [5.41, 5.74) is 0.910. The van der Waals surface area contributed by atoms with Gasteiger partial charge in [0.15, 0.2) is 11.5 Å². The summed E-state index contributed by atoms with van der Waals surface area (Å²) in [6.45, 7) is 0.200. The third-order valence-electron chi connectivity index (χ3n) is 4.78. The number of carboxylic acids is 1. The fourth-order valence-electron chi connectivity index (χ4n) is 3.39. The van der Waals surface area contributed by atoms with Crippen LogP contribution in [-0.4, -0.2) is 30.0 Å². The summed E-state index contributed by atoms with van der Waals surface area (Å²) in [7, 11) is 1.33. The number of carbonyl (C=O) groups excluding carboxylic acids is 2. The number of hydrogen-bond donors (Lipinski definition) is 1. The first-order chi connectivity index (χ1) is 14.5. The third kappa shape index (κ3) is 3.16. The van der Waals surface area contributed by atoms with Gasteiger partial charge in [-0.1, -0.05) is 42.5 Å². The molecule has 0 atom stereocenters. The number of ether oxygens (including phenoxy) is 2. The van der Waals surface area contributed by atoms with Crippen LogP contribution >= 0.6 is 0 Å². The maximum Gasteiger partial charge on any atom is 0.337 e. The highest BCUT2D eigenvalue weighted by molar-refractivity contribution is 6.35. The van der Waals surface area contributed by atoms with Gasteiger partial charge in [0, 0.05) is 0 Å². The van der Waals surface area contributed by atoms with Crippen molar-refractivity contribution >= 4 is 23.5 Å². The van der Waals surface area contributed by atoms with Gasteiger partial charge in [-0.15, -0.1) is 0 Å². The van der Waals surface area contributed by atoms with Gasteiger partial charge in [-0.05, 0) is 29.8 Å². The number of hydrogen-bond acceptors (Lipinski definition) is 5. The zero-order valence-corrected chi connectivity index (χ0v) is 16.0. The van der Waals surface area contributed by atoms with Crippen LogP contribution in [0.25, 0.3) is 0 Å². The molecule has 0 saturated heterocycles. The smallest absolute Gasteiger partial charge is 0.337 e. The maximum absolute atomic E-state index is 13.0. The molecule has 4 rings (SSSR count). The number of benzene rings is 3. The summed E-state index contributed by atoms with van der Waals surface area (Å²) in [5, 5.41) is 9.69. The van der Waals surface area contributed by atoms with E-state index < -0.39 is 17.8 Å². The van der Waals surface area contributed by atoms with E-state index in [4.69, 9.17) is 9.47 Å². The molecule has 30 heavy (non-hydrogen) atoms. The lowest BCUT2D eigenvalue weighted by molar-refractivity contribution is 0.0697. The predicted octanol–water partition coefficient (Wildman–Crippen LogP) is 3.77. The van der Waals surface area contributed by atoms with Crippen LogP contribution < -0.4 is 14.4 Å². The van der Waals surface area contributed by atoms with Crippen molar-refractivity contribution in [2.75, 3.05) is 12.0 Å². The summed E-state index contributed by atoms with van der Waals surface area (Å²) in [6.07, 6.45) is 0. The number of carbonyl (C=O) groups is 3. The first-order valence-electron chi connectivity index (χ1n) is 9.11. The van der Waals surface area contributed by atoms with E-state index in [0.29, 0.717) is 0 Å². The normalized spacial score (nSPS) is 12.6. The molecule has 150 valence electrons. The number of nitrogens with zero attached hydrogens (tertiary/aromatic N) is 1. The van der Waals surface area contributed by atoms with Gasteiger partial charge in [0.1, 0.15) is 12.3 Å². The highest BCUT2D eigenvalue weighted by atomic mass is 16.5. The minimum atomic E-state index is -1.30. The molecule has 1 aliphatic rings.